The van der Waals surface area contributed by atoms with E-state index in [0.717, 1.165) is 5.56 Å². The van der Waals surface area contributed by atoms with Crippen LogP contribution in [-0.2, 0) is 16.0 Å². The van der Waals surface area contributed by atoms with Crippen LogP contribution in [-0.4, -0.2) is 18.6 Å². The molecule has 0 bridgehead atoms. The standard InChI is InChI=1S/C19H26FNO2.C2H6.CH5N/c1-11(2)14-8-13(10-21)18(20)17(12(3)4)15(14)9-16(22)23-19(5,6)7;2*1-2/h8,11-12H,9H2,1-7H3;1-2H3;2H2,1H3. The number of rotatable bonds is 4. The minimum absolute atomic E-state index is 0.0148. The summed E-state index contributed by atoms with van der Waals surface area (Å²) in [5, 5.41) is 9.17. The molecule has 27 heavy (non-hydrogen) atoms. The molecule has 0 unspecified atom stereocenters. The van der Waals surface area contributed by atoms with E-state index in [1.807, 2.05) is 47.6 Å². The van der Waals surface area contributed by atoms with Crippen LogP contribution in [0.5, 0.6) is 0 Å². The van der Waals surface area contributed by atoms with Crippen molar-refractivity contribution in [2.45, 2.75) is 86.2 Å². The van der Waals surface area contributed by atoms with Crippen molar-refractivity contribution in [3.05, 3.63) is 34.1 Å². The Morgan fingerprint density at radius 3 is 2.00 bits per heavy atom. The molecule has 0 spiro atoms. The van der Waals surface area contributed by atoms with E-state index in [-0.39, 0.29) is 29.8 Å². The van der Waals surface area contributed by atoms with Crippen molar-refractivity contribution < 1.29 is 13.9 Å². The second-order valence-electron chi connectivity index (χ2n) is 7.40. The Morgan fingerprint density at radius 2 is 1.67 bits per heavy atom. The summed E-state index contributed by atoms with van der Waals surface area (Å²) in [5.41, 5.74) is 5.88. The fourth-order valence-corrected chi connectivity index (χ4v) is 2.66. The number of halogens is 1. The van der Waals surface area contributed by atoms with Gasteiger partial charge in [-0.2, -0.15) is 5.26 Å². The van der Waals surface area contributed by atoms with Crippen molar-refractivity contribution in [2.75, 3.05) is 7.05 Å². The van der Waals surface area contributed by atoms with Gasteiger partial charge in [0.15, 0.2) is 0 Å². The molecule has 0 radical (unpaired) electrons. The Morgan fingerprint density at radius 1 is 1.19 bits per heavy atom. The maximum absolute atomic E-state index is 14.6. The van der Waals surface area contributed by atoms with Crippen LogP contribution in [0.3, 0.4) is 0 Å². The first-order chi connectivity index (χ1) is 12.5. The van der Waals surface area contributed by atoms with Gasteiger partial charge in [0.05, 0.1) is 12.0 Å². The number of esters is 1. The molecule has 5 heteroatoms. The zero-order valence-electron chi connectivity index (χ0n) is 18.7. The quantitative estimate of drug-likeness (QED) is 0.707. The molecular formula is C22H37FN2O2. The first-order valence-electron chi connectivity index (χ1n) is 9.52. The van der Waals surface area contributed by atoms with E-state index in [4.69, 9.17) is 4.74 Å². The summed E-state index contributed by atoms with van der Waals surface area (Å²) < 4.78 is 20.0. The molecule has 0 heterocycles. The fraction of sp³-hybridized carbons (Fsp3) is 0.636. The van der Waals surface area contributed by atoms with Gasteiger partial charge in [0, 0.05) is 0 Å². The van der Waals surface area contributed by atoms with Crippen molar-refractivity contribution >= 4 is 5.97 Å². The summed E-state index contributed by atoms with van der Waals surface area (Å²) >= 11 is 0. The predicted octanol–water partition coefficient (Wildman–Crippen LogP) is 5.43. The van der Waals surface area contributed by atoms with Crippen molar-refractivity contribution in [2.24, 2.45) is 5.73 Å². The van der Waals surface area contributed by atoms with Crippen molar-refractivity contribution in [3.8, 4) is 6.07 Å². The largest absolute Gasteiger partial charge is 0.460 e. The molecule has 4 nitrogen and oxygen atoms in total. The lowest BCUT2D eigenvalue weighted by molar-refractivity contribution is -0.153. The molecular weight excluding hydrogens is 343 g/mol. The minimum atomic E-state index is -0.585. The lowest BCUT2D eigenvalue weighted by Crippen LogP contribution is -2.26. The number of hydrogen-bond donors (Lipinski definition) is 1. The number of carbonyl (C=O) groups excluding carboxylic acids is 1. The van der Waals surface area contributed by atoms with E-state index in [1.165, 1.54) is 7.05 Å². The molecule has 154 valence electrons. The molecule has 0 atom stereocenters. The van der Waals surface area contributed by atoms with Crippen LogP contribution in [0.25, 0.3) is 0 Å². The highest BCUT2D eigenvalue weighted by molar-refractivity contribution is 5.74. The van der Waals surface area contributed by atoms with Crippen LogP contribution in [0, 0.1) is 17.1 Å². The predicted molar refractivity (Wildman–Crippen MR) is 110 cm³/mol. The van der Waals surface area contributed by atoms with Gasteiger partial charge in [-0.15, -0.1) is 0 Å². The SMILES string of the molecule is CC.CC(C)c1cc(C#N)c(F)c(C(C)C)c1CC(=O)OC(C)(C)C.CN. The molecule has 0 amide bonds. The number of benzene rings is 1. The molecule has 0 aliphatic heterocycles. The lowest BCUT2D eigenvalue weighted by Gasteiger charge is -2.23. The molecule has 0 aromatic heterocycles. The second-order valence-corrected chi connectivity index (χ2v) is 7.40. The van der Waals surface area contributed by atoms with Crippen molar-refractivity contribution in [3.63, 3.8) is 0 Å². The van der Waals surface area contributed by atoms with Crippen LogP contribution in [0.2, 0.25) is 0 Å². The summed E-state index contributed by atoms with van der Waals surface area (Å²) in [6.07, 6.45) is 0.0148. The monoisotopic (exact) mass is 380 g/mol. The first kappa shape index (κ1) is 27.3. The zero-order valence-corrected chi connectivity index (χ0v) is 18.7. The van der Waals surface area contributed by atoms with Crippen LogP contribution in [0.15, 0.2) is 6.07 Å². The average molecular weight is 381 g/mol. The van der Waals surface area contributed by atoms with Crippen LogP contribution < -0.4 is 5.73 Å². The molecule has 0 saturated heterocycles. The van der Waals surface area contributed by atoms with E-state index in [2.05, 4.69) is 5.73 Å². The topological polar surface area (TPSA) is 76.1 Å². The van der Waals surface area contributed by atoms with Gasteiger partial charge in [-0.05, 0) is 62.4 Å². The molecule has 1 aromatic carbocycles. The maximum atomic E-state index is 14.6. The highest BCUT2D eigenvalue weighted by Crippen LogP contribution is 2.33. The fourth-order valence-electron chi connectivity index (χ4n) is 2.66. The normalized spacial score (nSPS) is 10.4. The second kappa shape index (κ2) is 12.5. The van der Waals surface area contributed by atoms with Crippen LogP contribution in [0.4, 0.5) is 4.39 Å². The summed E-state index contributed by atoms with van der Waals surface area (Å²) in [5.74, 6) is -0.952. The highest BCUT2D eigenvalue weighted by atomic mass is 19.1. The summed E-state index contributed by atoms with van der Waals surface area (Å²) in [4.78, 5) is 12.2. The molecule has 0 fully saturated rings. The summed E-state index contributed by atoms with van der Waals surface area (Å²) in [6.45, 7) is 17.1. The van der Waals surface area contributed by atoms with Crippen LogP contribution in [0.1, 0.15) is 96.4 Å². The Hall–Kier alpha value is -1.93. The molecule has 0 saturated carbocycles. The Bertz CT molecular complexity index is 639. The number of nitriles is 1. The van der Waals surface area contributed by atoms with Gasteiger partial charge in [-0.1, -0.05) is 41.5 Å². The van der Waals surface area contributed by atoms with Gasteiger partial charge in [-0.25, -0.2) is 4.39 Å². The minimum Gasteiger partial charge on any atom is -0.460 e. The van der Waals surface area contributed by atoms with E-state index in [0.29, 0.717) is 11.1 Å². The third kappa shape index (κ3) is 8.53. The number of hydrogen-bond acceptors (Lipinski definition) is 4. The Kier molecular flexibility index (Phi) is 12.6. The number of ether oxygens (including phenoxy) is 1. The maximum Gasteiger partial charge on any atom is 0.310 e. The van der Waals surface area contributed by atoms with Crippen molar-refractivity contribution in [1.82, 2.24) is 0 Å². The average Bonchev–Trinajstić information content (AvgIpc) is 2.56. The third-order valence-corrected chi connectivity index (χ3v) is 3.51. The number of nitrogens with zero attached hydrogens (tertiary/aromatic N) is 1. The van der Waals surface area contributed by atoms with Gasteiger partial charge >= 0.3 is 5.97 Å². The molecule has 2 N–H and O–H groups in total. The van der Waals surface area contributed by atoms with Gasteiger partial charge in [0.1, 0.15) is 17.5 Å². The first-order valence-corrected chi connectivity index (χ1v) is 9.52. The van der Waals surface area contributed by atoms with Crippen LogP contribution >= 0.6 is 0 Å². The van der Waals surface area contributed by atoms with E-state index in [1.54, 1.807) is 26.8 Å². The van der Waals surface area contributed by atoms with Gasteiger partial charge < -0.3 is 10.5 Å². The molecule has 1 aromatic rings. The molecule has 0 aliphatic carbocycles. The Labute approximate surface area is 164 Å². The third-order valence-electron chi connectivity index (χ3n) is 3.51. The molecule has 0 aliphatic rings. The molecule has 1 rings (SSSR count). The van der Waals surface area contributed by atoms with E-state index >= 15 is 0 Å². The Balaban J connectivity index is 0. The van der Waals surface area contributed by atoms with E-state index < -0.39 is 11.4 Å². The van der Waals surface area contributed by atoms with Gasteiger partial charge in [0.25, 0.3) is 0 Å². The number of nitrogens with two attached hydrogens (primary N) is 1. The summed E-state index contributed by atoms with van der Waals surface area (Å²) in [7, 11) is 1.50. The van der Waals surface area contributed by atoms with Gasteiger partial charge in [0.2, 0.25) is 0 Å². The van der Waals surface area contributed by atoms with E-state index in [9.17, 15) is 14.4 Å². The number of carbonyl (C=O) groups is 1. The summed E-state index contributed by atoms with van der Waals surface area (Å²) in [6, 6.07) is 3.47. The van der Waals surface area contributed by atoms with Gasteiger partial charge in [-0.3, -0.25) is 4.79 Å². The zero-order chi connectivity index (χ0) is 21.9. The smallest absolute Gasteiger partial charge is 0.310 e. The lowest BCUT2D eigenvalue weighted by atomic mass is 9.85. The van der Waals surface area contributed by atoms with Crippen molar-refractivity contribution in [1.29, 1.82) is 5.26 Å². The highest BCUT2D eigenvalue weighted by Gasteiger charge is 2.25.